The van der Waals surface area contributed by atoms with Gasteiger partial charge in [-0.15, -0.1) is 0 Å². The molecule has 0 aromatic carbocycles. The van der Waals surface area contributed by atoms with E-state index < -0.39 is 11.9 Å². The van der Waals surface area contributed by atoms with E-state index >= 15 is 0 Å². The molecule has 88 valence electrons. The number of methoxy groups -OCH3 is 1. The zero-order chi connectivity index (χ0) is 11.5. The number of aliphatic hydroxyl groups excluding tert-OH is 1. The molecule has 1 unspecified atom stereocenters. The van der Waals surface area contributed by atoms with Crippen molar-refractivity contribution in [1.29, 1.82) is 0 Å². The van der Waals surface area contributed by atoms with Gasteiger partial charge in [-0.05, 0) is 25.0 Å². The van der Waals surface area contributed by atoms with Gasteiger partial charge in [0.2, 0.25) is 0 Å². The molecule has 1 atom stereocenters. The summed E-state index contributed by atoms with van der Waals surface area (Å²) >= 11 is 0. The Labute approximate surface area is 94.3 Å². The number of ether oxygens (including phenoxy) is 1. The third kappa shape index (κ3) is 2.57. The van der Waals surface area contributed by atoms with E-state index in [1.807, 2.05) is 0 Å². The lowest BCUT2D eigenvalue weighted by Gasteiger charge is -2.11. The highest BCUT2D eigenvalue weighted by Gasteiger charge is 2.26. The summed E-state index contributed by atoms with van der Waals surface area (Å²) in [6.45, 7) is 0.399. The molecule has 0 aliphatic heterocycles. The van der Waals surface area contributed by atoms with Gasteiger partial charge in [0.05, 0.1) is 0 Å². The third-order valence-corrected chi connectivity index (χ3v) is 2.80. The van der Waals surface area contributed by atoms with E-state index in [2.05, 4.69) is 4.98 Å². The van der Waals surface area contributed by atoms with Crippen molar-refractivity contribution in [2.45, 2.75) is 31.3 Å². The zero-order valence-corrected chi connectivity index (χ0v) is 9.32. The van der Waals surface area contributed by atoms with Crippen LogP contribution in [0, 0.1) is 5.82 Å². The first-order valence-corrected chi connectivity index (χ1v) is 5.55. The molecule has 4 heteroatoms. The molecule has 1 aliphatic rings. The van der Waals surface area contributed by atoms with Gasteiger partial charge >= 0.3 is 0 Å². The summed E-state index contributed by atoms with van der Waals surface area (Å²) < 4.78 is 18.3. The van der Waals surface area contributed by atoms with E-state index in [9.17, 15) is 9.50 Å². The Morgan fingerprint density at radius 1 is 1.56 bits per heavy atom. The fourth-order valence-corrected chi connectivity index (χ4v) is 1.68. The van der Waals surface area contributed by atoms with Crippen molar-refractivity contribution in [2.75, 3.05) is 13.7 Å². The molecule has 1 saturated carbocycles. The molecule has 2 rings (SSSR count). The maximum absolute atomic E-state index is 13.5. The van der Waals surface area contributed by atoms with Crippen molar-refractivity contribution in [3.05, 3.63) is 29.3 Å². The van der Waals surface area contributed by atoms with Gasteiger partial charge in [-0.2, -0.15) is 0 Å². The molecule has 16 heavy (non-hydrogen) atoms. The number of hydrogen-bond acceptors (Lipinski definition) is 3. The number of hydrogen-bond donors (Lipinski definition) is 1. The molecule has 1 aromatic heterocycles. The molecule has 1 aliphatic carbocycles. The van der Waals surface area contributed by atoms with Gasteiger partial charge in [-0.1, -0.05) is 0 Å². The van der Waals surface area contributed by atoms with Gasteiger partial charge in [0.25, 0.3) is 0 Å². The number of aliphatic hydroxyl groups is 1. The van der Waals surface area contributed by atoms with E-state index in [0.29, 0.717) is 18.9 Å². The lowest BCUT2D eigenvalue weighted by molar-refractivity contribution is 0.105. The Hall–Kier alpha value is -1.00. The SMILES string of the molecule is COCCC(O)c1nc(C2CC2)ccc1F. The average molecular weight is 225 g/mol. The van der Waals surface area contributed by atoms with Gasteiger partial charge in [0, 0.05) is 31.7 Å². The smallest absolute Gasteiger partial charge is 0.147 e. The Balaban J connectivity index is 2.13. The summed E-state index contributed by atoms with van der Waals surface area (Å²) in [5.41, 5.74) is 1.05. The van der Waals surface area contributed by atoms with Crippen LogP contribution in [0.1, 0.15) is 42.7 Å². The molecule has 0 amide bonds. The minimum absolute atomic E-state index is 0.154. The molecular formula is C12H16FNO2. The summed E-state index contributed by atoms with van der Waals surface area (Å²) in [5, 5.41) is 9.78. The molecule has 0 saturated heterocycles. The van der Waals surface area contributed by atoms with Gasteiger partial charge in [-0.3, -0.25) is 4.98 Å². The number of nitrogens with zero attached hydrogens (tertiary/aromatic N) is 1. The molecule has 1 fully saturated rings. The molecule has 0 spiro atoms. The lowest BCUT2D eigenvalue weighted by Crippen LogP contribution is -2.08. The van der Waals surface area contributed by atoms with Gasteiger partial charge < -0.3 is 9.84 Å². The van der Waals surface area contributed by atoms with E-state index in [-0.39, 0.29) is 5.69 Å². The third-order valence-electron chi connectivity index (χ3n) is 2.80. The van der Waals surface area contributed by atoms with E-state index in [4.69, 9.17) is 4.74 Å². The Morgan fingerprint density at radius 3 is 2.94 bits per heavy atom. The predicted octanol–water partition coefficient (Wildman–Crippen LogP) is 2.17. The summed E-state index contributed by atoms with van der Waals surface area (Å²) in [4.78, 5) is 4.21. The normalized spacial score (nSPS) is 17.4. The molecule has 1 heterocycles. The maximum atomic E-state index is 13.5. The van der Waals surface area contributed by atoms with Gasteiger partial charge in [0.15, 0.2) is 0 Å². The molecular weight excluding hydrogens is 209 g/mol. The van der Waals surface area contributed by atoms with Crippen LogP contribution >= 0.6 is 0 Å². The van der Waals surface area contributed by atoms with Crippen LogP contribution in [0.5, 0.6) is 0 Å². The second kappa shape index (κ2) is 4.89. The lowest BCUT2D eigenvalue weighted by atomic mass is 10.1. The minimum atomic E-state index is -0.876. The highest BCUT2D eigenvalue weighted by atomic mass is 19.1. The highest BCUT2D eigenvalue weighted by Crippen LogP contribution is 2.39. The standard InChI is InChI=1S/C12H16FNO2/c1-16-7-6-11(15)12-9(13)4-5-10(14-12)8-2-3-8/h4-5,8,11,15H,2-3,6-7H2,1H3. The summed E-state index contributed by atoms with van der Waals surface area (Å²) in [6, 6.07) is 3.10. The summed E-state index contributed by atoms with van der Waals surface area (Å²) in [6.07, 6.45) is 1.73. The first kappa shape index (κ1) is 11.5. The first-order valence-electron chi connectivity index (χ1n) is 5.55. The summed E-state index contributed by atoms with van der Waals surface area (Å²) in [7, 11) is 1.55. The van der Waals surface area contributed by atoms with E-state index in [1.165, 1.54) is 6.07 Å². The van der Waals surface area contributed by atoms with E-state index in [1.54, 1.807) is 13.2 Å². The second-order valence-electron chi connectivity index (χ2n) is 4.17. The topological polar surface area (TPSA) is 42.4 Å². The fraction of sp³-hybridized carbons (Fsp3) is 0.583. The monoisotopic (exact) mass is 225 g/mol. The minimum Gasteiger partial charge on any atom is -0.387 e. The van der Waals surface area contributed by atoms with Crippen LogP contribution in [-0.4, -0.2) is 23.8 Å². The van der Waals surface area contributed by atoms with Crippen molar-refractivity contribution >= 4 is 0 Å². The van der Waals surface area contributed by atoms with Crippen molar-refractivity contribution in [2.24, 2.45) is 0 Å². The quantitative estimate of drug-likeness (QED) is 0.835. The Morgan fingerprint density at radius 2 is 2.31 bits per heavy atom. The van der Waals surface area contributed by atoms with Crippen molar-refractivity contribution < 1.29 is 14.2 Å². The van der Waals surface area contributed by atoms with Gasteiger partial charge in [-0.25, -0.2) is 4.39 Å². The Bertz CT molecular complexity index is 366. The average Bonchev–Trinajstić information content (AvgIpc) is 3.10. The number of aromatic nitrogens is 1. The summed E-state index contributed by atoms with van der Waals surface area (Å²) in [5.74, 6) is 0.0296. The fourth-order valence-electron chi connectivity index (χ4n) is 1.68. The number of halogens is 1. The predicted molar refractivity (Wildman–Crippen MR) is 57.6 cm³/mol. The number of pyridine rings is 1. The highest BCUT2D eigenvalue weighted by molar-refractivity contribution is 5.21. The van der Waals surface area contributed by atoms with Crippen LogP contribution in [0.2, 0.25) is 0 Å². The number of rotatable bonds is 5. The molecule has 1 N–H and O–H groups in total. The largest absolute Gasteiger partial charge is 0.387 e. The maximum Gasteiger partial charge on any atom is 0.147 e. The van der Waals surface area contributed by atoms with Crippen LogP contribution < -0.4 is 0 Å². The van der Waals surface area contributed by atoms with Crippen LogP contribution in [0.3, 0.4) is 0 Å². The van der Waals surface area contributed by atoms with Crippen molar-refractivity contribution in [1.82, 2.24) is 4.98 Å². The van der Waals surface area contributed by atoms with Crippen molar-refractivity contribution in [3.8, 4) is 0 Å². The van der Waals surface area contributed by atoms with Crippen LogP contribution in [-0.2, 0) is 4.74 Å². The van der Waals surface area contributed by atoms with Crippen LogP contribution in [0.15, 0.2) is 12.1 Å². The van der Waals surface area contributed by atoms with Crippen LogP contribution in [0.4, 0.5) is 4.39 Å². The Kier molecular flexibility index (Phi) is 3.51. The van der Waals surface area contributed by atoms with E-state index in [0.717, 1.165) is 18.5 Å². The molecule has 3 nitrogen and oxygen atoms in total. The zero-order valence-electron chi connectivity index (χ0n) is 9.32. The molecule has 0 radical (unpaired) electrons. The molecule has 1 aromatic rings. The van der Waals surface area contributed by atoms with Gasteiger partial charge in [0.1, 0.15) is 17.6 Å². The second-order valence-corrected chi connectivity index (χ2v) is 4.17. The van der Waals surface area contributed by atoms with Crippen molar-refractivity contribution in [3.63, 3.8) is 0 Å². The molecule has 0 bridgehead atoms. The first-order chi connectivity index (χ1) is 7.72. The van der Waals surface area contributed by atoms with Crippen LogP contribution in [0.25, 0.3) is 0 Å².